The Kier molecular flexibility index (Phi) is 7.64. The summed E-state index contributed by atoms with van der Waals surface area (Å²) in [7, 11) is 0. The summed E-state index contributed by atoms with van der Waals surface area (Å²) < 4.78 is 0. The maximum absolute atomic E-state index is 11.7. The Labute approximate surface area is 116 Å². The Morgan fingerprint density at radius 1 is 1.32 bits per heavy atom. The molecule has 0 spiro atoms. The third-order valence-electron chi connectivity index (χ3n) is 2.77. The topological polar surface area (TPSA) is 75.3 Å². The van der Waals surface area contributed by atoms with Crippen LogP contribution in [-0.4, -0.2) is 23.2 Å². The summed E-state index contributed by atoms with van der Waals surface area (Å²) in [6, 6.07) is -0.548. The van der Waals surface area contributed by atoms with Crippen LogP contribution in [0.15, 0.2) is 23.9 Å². The molecule has 0 radical (unpaired) electrons. The lowest BCUT2D eigenvalue weighted by Crippen LogP contribution is -2.47. The molecule has 0 aliphatic heterocycles. The SMILES string of the molecule is CC(C)=CC[C@H](O)C/C=C\NC(=O)[C@@H](N)C(C)(C)C. The van der Waals surface area contributed by atoms with Crippen molar-refractivity contribution in [1.29, 1.82) is 0 Å². The van der Waals surface area contributed by atoms with E-state index in [2.05, 4.69) is 5.32 Å². The number of rotatable bonds is 6. The van der Waals surface area contributed by atoms with E-state index in [4.69, 9.17) is 5.73 Å². The highest BCUT2D eigenvalue weighted by Gasteiger charge is 2.26. The first-order valence-electron chi connectivity index (χ1n) is 6.67. The second kappa shape index (κ2) is 8.12. The fraction of sp³-hybridized carbons (Fsp3) is 0.667. The van der Waals surface area contributed by atoms with Crippen molar-refractivity contribution in [2.45, 2.75) is 59.6 Å². The second-order valence-electron chi connectivity index (χ2n) is 6.16. The van der Waals surface area contributed by atoms with Gasteiger partial charge in [-0.05, 0) is 38.3 Å². The van der Waals surface area contributed by atoms with Gasteiger partial charge in [0.05, 0.1) is 12.1 Å². The summed E-state index contributed by atoms with van der Waals surface area (Å²) >= 11 is 0. The van der Waals surface area contributed by atoms with Gasteiger partial charge in [0.15, 0.2) is 0 Å². The third-order valence-corrected chi connectivity index (χ3v) is 2.77. The summed E-state index contributed by atoms with van der Waals surface area (Å²) in [5.74, 6) is -0.206. The van der Waals surface area contributed by atoms with Crippen LogP contribution >= 0.6 is 0 Å². The van der Waals surface area contributed by atoms with Gasteiger partial charge >= 0.3 is 0 Å². The molecule has 0 bridgehead atoms. The molecule has 19 heavy (non-hydrogen) atoms. The van der Waals surface area contributed by atoms with Gasteiger partial charge in [0, 0.05) is 0 Å². The molecule has 110 valence electrons. The zero-order chi connectivity index (χ0) is 15.1. The van der Waals surface area contributed by atoms with E-state index in [9.17, 15) is 9.90 Å². The monoisotopic (exact) mass is 268 g/mol. The number of allylic oxidation sites excluding steroid dienone is 1. The molecule has 0 aliphatic rings. The Morgan fingerprint density at radius 2 is 1.89 bits per heavy atom. The zero-order valence-electron chi connectivity index (χ0n) is 12.7. The largest absolute Gasteiger partial charge is 0.392 e. The van der Waals surface area contributed by atoms with Crippen molar-refractivity contribution >= 4 is 5.91 Å². The summed E-state index contributed by atoms with van der Waals surface area (Å²) in [6.45, 7) is 9.76. The van der Waals surface area contributed by atoms with Crippen LogP contribution in [0.3, 0.4) is 0 Å². The van der Waals surface area contributed by atoms with Crippen LogP contribution in [-0.2, 0) is 4.79 Å². The first-order valence-corrected chi connectivity index (χ1v) is 6.67. The number of amides is 1. The highest BCUT2D eigenvalue weighted by Crippen LogP contribution is 2.17. The van der Waals surface area contributed by atoms with Crippen LogP contribution in [0.25, 0.3) is 0 Å². The van der Waals surface area contributed by atoms with Gasteiger partial charge in [-0.1, -0.05) is 38.5 Å². The van der Waals surface area contributed by atoms with Gasteiger partial charge < -0.3 is 16.2 Å². The van der Waals surface area contributed by atoms with E-state index in [0.717, 1.165) is 0 Å². The molecule has 0 aromatic carbocycles. The van der Waals surface area contributed by atoms with Crippen LogP contribution in [0.1, 0.15) is 47.5 Å². The lowest BCUT2D eigenvalue weighted by Gasteiger charge is -2.25. The number of carbonyl (C=O) groups is 1. The Bertz CT molecular complexity index is 337. The Hall–Kier alpha value is -1.13. The molecule has 1 amide bonds. The van der Waals surface area contributed by atoms with E-state index in [0.29, 0.717) is 12.8 Å². The summed E-state index contributed by atoms with van der Waals surface area (Å²) in [5, 5.41) is 12.3. The summed E-state index contributed by atoms with van der Waals surface area (Å²) in [6.07, 6.45) is 6.01. The van der Waals surface area contributed by atoms with Crippen LogP contribution in [0.4, 0.5) is 0 Å². The minimum atomic E-state index is -0.548. The van der Waals surface area contributed by atoms with Crippen LogP contribution in [0, 0.1) is 5.41 Å². The average Bonchev–Trinajstić information content (AvgIpc) is 2.29. The van der Waals surface area contributed by atoms with Crippen molar-refractivity contribution in [3.05, 3.63) is 23.9 Å². The number of nitrogens with two attached hydrogens (primary N) is 1. The van der Waals surface area contributed by atoms with Crippen molar-refractivity contribution in [2.75, 3.05) is 0 Å². The van der Waals surface area contributed by atoms with Crippen molar-refractivity contribution in [1.82, 2.24) is 5.32 Å². The zero-order valence-corrected chi connectivity index (χ0v) is 12.7. The molecular weight excluding hydrogens is 240 g/mol. The van der Waals surface area contributed by atoms with E-state index in [1.165, 1.54) is 5.57 Å². The molecule has 0 heterocycles. The van der Waals surface area contributed by atoms with Gasteiger partial charge in [-0.25, -0.2) is 0 Å². The summed E-state index contributed by atoms with van der Waals surface area (Å²) in [4.78, 5) is 11.7. The van der Waals surface area contributed by atoms with Gasteiger partial charge in [-0.2, -0.15) is 0 Å². The number of carbonyl (C=O) groups excluding carboxylic acids is 1. The lowest BCUT2D eigenvalue weighted by atomic mass is 9.87. The maximum atomic E-state index is 11.7. The molecule has 4 heteroatoms. The third kappa shape index (κ3) is 8.56. The van der Waals surface area contributed by atoms with E-state index >= 15 is 0 Å². The van der Waals surface area contributed by atoms with E-state index in [1.807, 2.05) is 40.7 Å². The number of aliphatic hydroxyl groups excluding tert-OH is 1. The molecule has 4 nitrogen and oxygen atoms in total. The number of nitrogens with one attached hydrogen (secondary N) is 1. The second-order valence-corrected chi connectivity index (χ2v) is 6.16. The number of hydrogen-bond acceptors (Lipinski definition) is 3. The standard InChI is InChI=1S/C15H28N2O2/c1-11(2)8-9-12(18)7-6-10-17-14(19)13(16)15(3,4)5/h6,8,10,12-13,18H,7,9,16H2,1-5H3,(H,17,19)/b10-6-/t12-,13-/m1/s1. The van der Waals surface area contributed by atoms with E-state index in [1.54, 1.807) is 12.3 Å². The van der Waals surface area contributed by atoms with Crippen molar-refractivity contribution in [2.24, 2.45) is 11.1 Å². The van der Waals surface area contributed by atoms with Crippen LogP contribution in [0.5, 0.6) is 0 Å². The summed E-state index contributed by atoms with van der Waals surface area (Å²) in [5.41, 5.74) is 6.74. The average molecular weight is 268 g/mol. The number of hydrogen-bond donors (Lipinski definition) is 3. The maximum Gasteiger partial charge on any atom is 0.241 e. The minimum Gasteiger partial charge on any atom is -0.392 e. The van der Waals surface area contributed by atoms with E-state index < -0.39 is 12.1 Å². The van der Waals surface area contributed by atoms with Crippen molar-refractivity contribution in [3.63, 3.8) is 0 Å². The highest BCUT2D eigenvalue weighted by atomic mass is 16.3. The fourth-order valence-electron chi connectivity index (χ4n) is 1.32. The lowest BCUT2D eigenvalue weighted by molar-refractivity contribution is -0.123. The smallest absolute Gasteiger partial charge is 0.241 e. The Balaban J connectivity index is 4.04. The first-order chi connectivity index (χ1) is 8.64. The molecule has 2 atom stereocenters. The predicted octanol–water partition coefficient (Wildman–Crippen LogP) is 2.10. The molecule has 0 rings (SSSR count). The van der Waals surface area contributed by atoms with Gasteiger partial charge in [-0.3, -0.25) is 4.79 Å². The molecule has 0 unspecified atom stereocenters. The van der Waals surface area contributed by atoms with Crippen LogP contribution < -0.4 is 11.1 Å². The first kappa shape index (κ1) is 17.9. The Morgan fingerprint density at radius 3 is 2.37 bits per heavy atom. The van der Waals surface area contributed by atoms with Gasteiger partial charge in [0.2, 0.25) is 5.91 Å². The number of aliphatic hydroxyl groups is 1. The molecule has 4 N–H and O–H groups in total. The van der Waals surface area contributed by atoms with Gasteiger partial charge in [-0.15, -0.1) is 0 Å². The predicted molar refractivity (Wildman–Crippen MR) is 79.4 cm³/mol. The minimum absolute atomic E-state index is 0.206. The van der Waals surface area contributed by atoms with E-state index in [-0.39, 0.29) is 11.3 Å². The van der Waals surface area contributed by atoms with Crippen molar-refractivity contribution in [3.8, 4) is 0 Å². The van der Waals surface area contributed by atoms with Gasteiger partial charge in [0.1, 0.15) is 0 Å². The fourth-order valence-corrected chi connectivity index (χ4v) is 1.32. The molecule has 0 saturated heterocycles. The molecule has 0 aromatic rings. The molecule has 0 aromatic heterocycles. The molecule has 0 fully saturated rings. The normalized spacial score (nSPS) is 15.1. The molecule has 0 saturated carbocycles. The van der Waals surface area contributed by atoms with Crippen molar-refractivity contribution < 1.29 is 9.90 Å². The van der Waals surface area contributed by atoms with Crippen LogP contribution in [0.2, 0.25) is 0 Å². The molecular formula is C15H28N2O2. The highest BCUT2D eigenvalue weighted by molar-refractivity contribution is 5.83. The quantitative estimate of drug-likeness (QED) is 0.646. The van der Waals surface area contributed by atoms with Gasteiger partial charge in [0.25, 0.3) is 0 Å². The molecule has 0 aliphatic carbocycles.